The summed E-state index contributed by atoms with van der Waals surface area (Å²) in [6.45, 7) is 20.4. The van der Waals surface area contributed by atoms with Gasteiger partial charge in [0.1, 0.15) is 17.3 Å². The first-order valence-corrected chi connectivity index (χ1v) is 20.5. The molecule has 0 N–H and O–H groups in total. The molecule has 0 saturated carbocycles. The Morgan fingerprint density at radius 1 is 0.542 bits per heavy atom. The fourth-order valence-electron chi connectivity index (χ4n) is 7.92. The summed E-state index contributed by atoms with van der Waals surface area (Å²) in [5.41, 5.74) is 11.7. The van der Waals surface area contributed by atoms with Crippen molar-refractivity contribution in [2.45, 2.75) is 78.6 Å². The van der Waals surface area contributed by atoms with E-state index < -0.39 is 0 Å². The Morgan fingerprint density at radius 3 is 1.90 bits per heavy atom. The standard InChI is InChI=1S/C53H51N5O/c1-51(2,3)36-25-26-54-49(30-36)58-44-20-14-13-19-42(44)43-24-23-40(31-47(43)58)59-41-32-48(50(55-33-41)35-17-11-10-12-18-35)57-34-56(45-21-15-16-22-46(45)57)39-28-37(52(4,5)6)27-38(29-39)53(7,8)9/h10-33H,1-9H3. The van der Waals surface area contributed by atoms with Crippen molar-refractivity contribution < 1.29 is 9.30 Å². The Morgan fingerprint density at radius 2 is 1.19 bits per heavy atom. The summed E-state index contributed by atoms with van der Waals surface area (Å²) in [5.74, 6) is 2.21. The van der Waals surface area contributed by atoms with Gasteiger partial charge in [-0.15, -0.1) is 0 Å². The molecular weight excluding hydrogens is 723 g/mol. The van der Waals surface area contributed by atoms with Crippen LogP contribution in [0.25, 0.3) is 61.3 Å². The number of rotatable bonds is 6. The molecule has 4 aromatic heterocycles. The van der Waals surface area contributed by atoms with Crippen molar-refractivity contribution in [3.8, 4) is 39.9 Å². The molecule has 4 heterocycles. The van der Waals surface area contributed by atoms with Crippen LogP contribution in [0.3, 0.4) is 0 Å². The third-order valence-corrected chi connectivity index (χ3v) is 11.3. The van der Waals surface area contributed by atoms with Crippen LogP contribution in [0.2, 0.25) is 0 Å². The van der Waals surface area contributed by atoms with Gasteiger partial charge in [-0.05, 0) is 87.0 Å². The van der Waals surface area contributed by atoms with E-state index in [4.69, 9.17) is 14.7 Å². The number of pyridine rings is 2. The number of para-hydroxylation sites is 3. The van der Waals surface area contributed by atoms with Crippen LogP contribution >= 0.6 is 0 Å². The monoisotopic (exact) mass is 773 g/mol. The van der Waals surface area contributed by atoms with E-state index in [1.165, 1.54) is 22.1 Å². The number of benzene rings is 5. The van der Waals surface area contributed by atoms with E-state index in [1.807, 2.05) is 24.5 Å². The van der Waals surface area contributed by atoms with Gasteiger partial charge in [0.25, 0.3) is 6.33 Å². The van der Waals surface area contributed by atoms with Gasteiger partial charge in [-0.3, -0.25) is 18.7 Å². The molecule has 0 aliphatic heterocycles. The maximum atomic E-state index is 6.78. The Labute approximate surface area is 347 Å². The predicted octanol–water partition coefficient (Wildman–Crippen LogP) is 12.9. The SMILES string of the molecule is CC(C)(C)c1cc(-[n+]2[c-]n(-c3cc(Oc4ccc5c6ccccc6n(-c6cc(C(C)(C)C)ccn6)c5c4)cnc3-c3ccccc3)c3ccccc32)cc(C(C)(C)C)c1. The quantitative estimate of drug-likeness (QED) is 0.125. The minimum absolute atomic E-state index is 0.0189. The molecule has 9 aromatic rings. The van der Waals surface area contributed by atoms with Gasteiger partial charge in [0, 0.05) is 23.0 Å². The van der Waals surface area contributed by atoms with Gasteiger partial charge < -0.3 is 4.74 Å². The van der Waals surface area contributed by atoms with Crippen molar-refractivity contribution in [3.05, 3.63) is 169 Å². The smallest absolute Gasteiger partial charge is 0.269 e. The largest absolute Gasteiger partial charge is 0.456 e. The van der Waals surface area contributed by atoms with Gasteiger partial charge in [0.2, 0.25) is 0 Å². The average molecular weight is 774 g/mol. The second kappa shape index (κ2) is 14.1. The Kier molecular flexibility index (Phi) is 9.08. The van der Waals surface area contributed by atoms with E-state index in [9.17, 15) is 0 Å². The van der Waals surface area contributed by atoms with Crippen LogP contribution in [0.15, 0.2) is 146 Å². The van der Waals surface area contributed by atoms with E-state index in [0.717, 1.165) is 55.9 Å². The van der Waals surface area contributed by atoms with Crippen molar-refractivity contribution >= 4 is 32.8 Å². The Hall–Kier alpha value is -6.53. The van der Waals surface area contributed by atoms with E-state index in [1.54, 1.807) is 0 Å². The number of ether oxygens (including phenoxy) is 1. The van der Waals surface area contributed by atoms with Crippen LogP contribution in [0.5, 0.6) is 11.5 Å². The van der Waals surface area contributed by atoms with Gasteiger partial charge in [-0.2, -0.15) is 0 Å². The zero-order chi connectivity index (χ0) is 41.3. The van der Waals surface area contributed by atoms with E-state index in [-0.39, 0.29) is 16.2 Å². The fraction of sp³-hybridized carbons (Fsp3) is 0.226. The minimum atomic E-state index is -0.0324. The highest BCUT2D eigenvalue weighted by molar-refractivity contribution is 6.09. The van der Waals surface area contributed by atoms with Crippen molar-refractivity contribution in [1.29, 1.82) is 0 Å². The lowest BCUT2D eigenvalue weighted by molar-refractivity contribution is -0.572. The van der Waals surface area contributed by atoms with Crippen LogP contribution < -0.4 is 9.30 Å². The molecule has 0 aliphatic carbocycles. The summed E-state index contributed by atoms with van der Waals surface area (Å²) < 4.78 is 13.4. The highest BCUT2D eigenvalue weighted by Gasteiger charge is 2.24. The predicted molar refractivity (Wildman–Crippen MR) is 242 cm³/mol. The van der Waals surface area contributed by atoms with Gasteiger partial charge in [0.15, 0.2) is 0 Å². The van der Waals surface area contributed by atoms with Crippen LogP contribution in [-0.4, -0.2) is 19.1 Å². The number of hydrogen-bond donors (Lipinski definition) is 0. The molecule has 294 valence electrons. The lowest BCUT2D eigenvalue weighted by Gasteiger charge is -2.26. The minimum Gasteiger partial charge on any atom is -0.456 e. The highest BCUT2D eigenvalue weighted by Crippen LogP contribution is 2.38. The molecule has 0 unspecified atom stereocenters. The molecule has 6 nitrogen and oxygen atoms in total. The first kappa shape index (κ1) is 38.0. The first-order valence-electron chi connectivity index (χ1n) is 20.5. The molecule has 0 spiro atoms. The Bertz CT molecular complexity index is 2990. The van der Waals surface area contributed by atoms with E-state index >= 15 is 0 Å². The average Bonchev–Trinajstić information content (AvgIpc) is 3.76. The first-order chi connectivity index (χ1) is 28.1. The topological polar surface area (TPSA) is 48.8 Å². The number of aromatic nitrogens is 5. The number of nitrogens with zero attached hydrogens (tertiary/aromatic N) is 5. The maximum Gasteiger partial charge on any atom is 0.269 e. The molecule has 6 heteroatoms. The second-order valence-electron chi connectivity index (χ2n) is 18.7. The maximum absolute atomic E-state index is 6.78. The molecule has 9 rings (SSSR count). The normalized spacial score (nSPS) is 12.5. The highest BCUT2D eigenvalue weighted by atomic mass is 16.5. The van der Waals surface area contributed by atoms with Crippen LogP contribution in [0.1, 0.15) is 79.0 Å². The molecular formula is C53H51N5O. The molecule has 0 bridgehead atoms. The van der Waals surface area contributed by atoms with Crippen LogP contribution in [0, 0.1) is 6.33 Å². The summed E-state index contributed by atoms with van der Waals surface area (Å²) in [6, 6.07) is 47.0. The summed E-state index contributed by atoms with van der Waals surface area (Å²) in [7, 11) is 0. The number of hydrogen-bond acceptors (Lipinski definition) is 3. The van der Waals surface area contributed by atoms with Crippen LogP contribution in [0.4, 0.5) is 0 Å². The molecule has 59 heavy (non-hydrogen) atoms. The molecule has 0 radical (unpaired) electrons. The third kappa shape index (κ3) is 7.07. The van der Waals surface area contributed by atoms with Crippen molar-refractivity contribution in [3.63, 3.8) is 0 Å². The zero-order valence-electron chi connectivity index (χ0n) is 35.5. The number of fused-ring (bicyclic) bond motifs is 4. The Balaban J connectivity index is 1.20. The summed E-state index contributed by atoms with van der Waals surface area (Å²) in [4.78, 5) is 9.99. The lowest BCUT2D eigenvalue weighted by Crippen LogP contribution is -2.31. The molecule has 0 atom stereocenters. The van der Waals surface area contributed by atoms with Gasteiger partial charge >= 0.3 is 0 Å². The summed E-state index contributed by atoms with van der Waals surface area (Å²) in [6.07, 6.45) is 7.52. The lowest BCUT2D eigenvalue weighted by atomic mass is 9.80. The molecule has 5 aromatic carbocycles. The summed E-state index contributed by atoms with van der Waals surface area (Å²) >= 11 is 0. The summed E-state index contributed by atoms with van der Waals surface area (Å²) in [5, 5.41) is 2.30. The van der Waals surface area contributed by atoms with Gasteiger partial charge in [-0.1, -0.05) is 141 Å². The van der Waals surface area contributed by atoms with Gasteiger partial charge in [0.05, 0.1) is 45.3 Å². The van der Waals surface area contributed by atoms with Crippen molar-refractivity contribution in [2.75, 3.05) is 0 Å². The van der Waals surface area contributed by atoms with Crippen LogP contribution in [-0.2, 0) is 16.2 Å². The third-order valence-electron chi connectivity index (χ3n) is 11.3. The fourth-order valence-corrected chi connectivity index (χ4v) is 7.92. The van der Waals surface area contributed by atoms with E-state index in [2.05, 4.69) is 204 Å². The van der Waals surface area contributed by atoms with E-state index in [0.29, 0.717) is 11.5 Å². The van der Waals surface area contributed by atoms with Gasteiger partial charge in [-0.25, -0.2) is 4.98 Å². The zero-order valence-corrected chi connectivity index (χ0v) is 35.5. The van der Waals surface area contributed by atoms with Crippen molar-refractivity contribution in [1.82, 2.24) is 19.1 Å². The molecule has 0 fully saturated rings. The second-order valence-corrected chi connectivity index (χ2v) is 18.7. The molecule has 0 saturated heterocycles. The molecule has 0 amide bonds. The molecule has 0 aliphatic rings. The van der Waals surface area contributed by atoms with Crippen molar-refractivity contribution in [2.24, 2.45) is 0 Å². The number of imidazole rings is 1.